The highest BCUT2D eigenvalue weighted by Crippen LogP contribution is 2.53. The van der Waals surface area contributed by atoms with Crippen LogP contribution in [-0.2, 0) is 35.2 Å². The Balaban J connectivity index is 0.00000124. The Morgan fingerprint density at radius 3 is 1.21 bits per heavy atom. The molecule has 0 radical (unpaired) electrons. The third-order valence-corrected chi connectivity index (χ3v) is 8.40. The van der Waals surface area contributed by atoms with Crippen molar-refractivity contribution in [3.63, 3.8) is 0 Å². The Bertz CT molecular complexity index is 1060. The van der Waals surface area contributed by atoms with E-state index in [1.54, 1.807) is 0 Å². The summed E-state index contributed by atoms with van der Waals surface area (Å²) in [4.78, 5) is 43.4. The molecule has 0 amide bonds. The van der Waals surface area contributed by atoms with Crippen LogP contribution in [-0.4, -0.2) is 85.2 Å². The summed E-state index contributed by atoms with van der Waals surface area (Å²) in [6.45, 7) is 29.3. The fourth-order valence-corrected chi connectivity index (χ4v) is 5.43. The van der Waals surface area contributed by atoms with E-state index in [4.69, 9.17) is 48.3 Å². The maximum absolute atomic E-state index is 10.2. The summed E-state index contributed by atoms with van der Waals surface area (Å²) in [5, 5.41) is 20.2. The van der Waals surface area contributed by atoms with Crippen molar-refractivity contribution in [2.45, 2.75) is 125 Å². The van der Waals surface area contributed by atoms with E-state index < -0.39 is 46.0 Å². The van der Waals surface area contributed by atoms with Crippen LogP contribution in [0.25, 0.3) is 0 Å². The van der Waals surface area contributed by atoms with E-state index >= 15 is 0 Å². The highest BCUT2D eigenvalue weighted by Gasteiger charge is 2.55. The van der Waals surface area contributed by atoms with Crippen LogP contribution in [0.15, 0.2) is 12.1 Å². The number of aliphatic hydroxyl groups excluding tert-OH is 2. The molecular weight excluding hydrogens is 650 g/mol. The molecule has 2 aliphatic heterocycles. The number of hydrogen-bond acceptors (Lipinski definition) is 12. The molecule has 8 N–H and O–H groups in total. The van der Waals surface area contributed by atoms with Crippen molar-refractivity contribution in [3.8, 4) is 0 Å². The lowest BCUT2D eigenvalue weighted by molar-refractivity contribution is -0.362. The third-order valence-electron chi connectivity index (χ3n) is 8.40. The highest BCUT2D eigenvalue weighted by atomic mass is 31.2. The van der Waals surface area contributed by atoms with Gasteiger partial charge in [0.2, 0.25) is 0 Å². The standard InChI is InChI=1S/C33H56O6.2H3O3P/c1-28(2,3)21-14-22(29(4,5)6)24(23(15-21)30(7,8)9)25-33(20-38-27(39-25)32(12,13)17-35)18-36-26(37-19-33)31(10,11)16-34;2*1-4(2)3/h14-15,25-27,34-35H,16-20H2,1-13H3;2*1-3H. The van der Waals surface area contributed by atoms with E-state index in [-0.39, 0.29) is 35.6 Å². The minimum atomic E-state index is -2.62. The summed E-state index contributed by atoms with van der Waals surface area (Å²) in [7, 11) is -5.24. The smallest absolute Gasteiger partial charge is 0.324 e. The van der Waals surface area contributed by atoms with Crippen LogP contribution in [0.1, 0.15) is 118 Å². The molecule has 2 heterocycles. The predicted molar refractivity (Wildman–Crippen MR) is 183 cm³/mol. The Labute approximate surface area is 284 Å². The average molecular weight is 713 g/mol. The largest absolute Gasteiger partial charge is 0.396 e. The van der Waals surface area contributed by atoms with Crippen molar-refractivity contribution in [2.75, 3.05) is 33.0 Å². The van der Waals surface area contributed by atoms with Crippen molar-refractivity contribution < 1.29 is 58.5 Å². The molecule has 2 aliphatic rings. The molecule has 2 atom stereocenters. The Morgan fingerprint density at radius 1 is 0.596 bits per heavy atom. The maximum Gasteiger partial charge on any atom is 0.324 e. The van der Waals surface area contributed by atoms with Gasteiger partial charge in [-0.1, -0.05) is 102 Å². The minimum absolute atomic E-state index is 0.0195. The summed E-state index contributed by atoms with van der Waals surface area (Å²) >= 11 is 0. The van der Waals surface area contributed by atoms with Gasteiger partial charge in [-0.2, -0.15) is 0 Å². The second-order valence-electron chi connectivity index (χ2n) is 17.0. The minimum Gasteiger partial charge on any atom is -0.396 e. The van der Waals surface area contributed by atoms with E-state index in [0.717, 1.165) is 0 Å². The number of aliphatic hydroxyl groups is 2. The molecule has 1 spiro atoms. The van der Waals surface area contributed by atoms with Gasteiger partial charge in [-0.3, -0.25) is 0 Å². The van der Waals surface area contributed by atoms with Crippen molar-refractivity contribution in [3.05, 3.63) is 34.4 Å². The summed E-state index contributed by atoms with van der Waals surface area (Å²) in [6.07, 6.45) is -1.49. The molecule has 3 rings (SSSR count). The van der Waals surface area contributed by atoms with Crippen molar-refractivity contribution in [1.82, 2.24) is 0 Å². The van der Waals surface area contributed by atoms with Gasteiger partial charge in [0, 0.05) is 10.8 Å². The van der Waals surface area contributed by atoms with E-state index in [0.29, 0.717) is 19.8 Å². The fraction of sp³-hybridized carbons (Fsp3) is 0.818. The van der Waals surface area contributed by atoms with Crippen LogP contribution in [0, 0.1) is 16.2 Å². The van der Waals surface area contributed by atoms with Crippen LogP contribution in [0.4, 0.5) is 0 Å². The number of ether oxygens (including phenoxy) is 4. The van der Waals surface area contributed by atoms with Gasteiger partial charge in [0.1, 0.15) is 0 Å². The van der Waals surface area contributed by atoms with Gasteiger partial charge in [-0.05, 0) is 38.5 Å². The quantitative estimate of drug-likeness (QED) is 0.195. The Hall–Kier alpha value is -0.400. The first-order chi connectivity index (χ1) is 21.1. The molecule has 2 saturated heterocycles. The topological polar surface area (TPSA) is 199 Å². The summed E-state index contributed by atoms with van der Waals surface area (Å²) < 4.78 is 26.1. The SMILES string of the molecule is CC(C)(C)c1cc(C(C)(C)C)c(C2OC(C(C)(C)CO)OCC23COC(C(C)(C)CO)OC3)c(C(C)(C)C)c1.OP(O)O.OP(O)O. The van der Waals surface area contributed by atoms with Crippen LogP contribution in [0.3, 0.4) is 0 Å². The average Bonchev–Trinajstić information content (AvgIpc) is 2.90. The zero-order valence-electron chi connectivity index (χ0n) is 30.5. The van der Waals surface area contributed by atoms with Crippen LogP contribution < -0.4 is 0 Å². The summed E-state index contributed by atoms with van der Waals surface area (Å²) in [6, 6.07) is 4.73. The van der Waals surface area contributed by atoms with E-state index in [9.17, 15) is 10.2 Å². The fourth-order valence-electron chi connectivity index (χ4n) is 5.43. The maximum atomic E-state index is 10.2. The van der Waals surface area contributed by atoms with Crippen LogP contribution in [0.5, 0.6) is 0 Å². The number of benzene rings is 1. The summed E-state index contributed by atoms with van der Waals surface area (Å²) in [5.74, 6) is 0. The van der Waals surface area contributed by atoms with E-state index in [2.05, 4.69) is 74.4 Å². The lowest BCUT2D eigenvalue weighted by Crippen LogP contribution is -2.58. The third kappa shape index (κ3) is 12.4. The molecule has 12 nitrogen and oxygen atoms in total. The molecular formula is C33H62O12P2. The van der Waals surface area contributed by atoms with Crippen molar-refractivity contribution in [2.24, 2.45) is 16.2 Å². The van der Waals surface area contributed by atoms with E-state index in [1.165, 1.54) is 22.3 Å². The molecule has 0 aliphatic carbocycles. The van der Waals surface area contributed by atoms with Gasteiger partial charge in [-0.25, -0.2) is 0 Å². The monoisotopic (exact) mass is 712 g/mol. The molecule has 0 bridgehead atoms. The van der Waals surface area contributed by atoms with Gasteiger partial charge in [0.15, 0.2) is 12.6 Å². The molecule has 2 unspecified atom stereocenters. The van der Waals surface area contributed by atoms with Gasteiger partial charge in [0.05, 0.1) is 44.6 Å². The second-order valence-corrected chi connectivity index (χ2v) is 18.1. The molecule has 2 fully saturated rings. The van der Waals surface area contributed by atoms with E-state index in [1.807, 2.05) is 27.7 Å². The molecule has 1 aromatic carbocycles. The first-order valence-electron chi connectivity index (χ1n) is 15.7. The summed E-state index contributed by atoms with van der Waals surface area (Å²) in [5.41, 5.74) is 2.95. The molecule has 47 heavy (non-hydrogen) atoms. The molecule has 0 aromatic heterocycles. The molecule has 1 aromatic rings. The Kier molecular flexibility index (Phi) is 15.9. The van der Waals surface area contributed by atoms with Crippen LogP contribution in [0.2, 0.25) is 0 Å². The van der Waals surface area contributed by atoms with Gasteiger partial charge < -0.3 is 58.5 Å². The Morgan fingerprint density at radius 2 is 0.915 bits per heavy atom. The van der Waals surface area contributed by atoms with Crippen molar-refractivity contribution in [1.29, 1.82) is 0 Å². The highest BCUT2D eigenvalue weighted by molar-refractivity contribution is 7.38. The molecule has 276 valence electrons. The zero-order valence-corrected chi connectivity index (χ0v) is 32.3. The molecule has 14 heteroatoms. The molecule has 0 saturated carbocycles. The zero-order chi connectivity index (χ0) is 37.0. The second kappa shape index (κ2) is 16.7. The lowest BCUT2D eigenvalue weighted by Gasteiger charge is -2.54. The van der Waals surface area contributed by atoms with Crippen LogP contribution >= 0.6 is 17.2 Å². The number of hydrogen-bond donors (Lipinski definition) is 8. The normalized spacial score (nSPS) is 24.5. The first kappa shape index (κ1) is 44.6. The number of rotatable bonds is 5. The predicted octanol–water partition coefficient (Wildman–Crippen LogP) is 4.77. The van der Waals surface area contributed by atoms with Crippen molar-refractivity contribution >= 4 is 17.2 Å². The van der Waals surface area contributed by atoms with Gasteiger partial charge in [-0.15, -0.1) is 0 Å². The van der Waals surface area contributed by atoms with Gasteiger partial charge >= 0.3 is 17.2 Å². The lowest BCUT2D eigenvalue weighted by atomic mass is 9.67. The van der Waals surface area contributed by atoms with Gasteiger partial charge in [0.25, 0.3) is 0 Å². The first-order valence-corrected chi connectivity index (χ1v) is 18.1.